The molecule has 0 bridgehead atoms. The van der Waals surface area contributed by atoms with Gasteiger partial charge in [-0.2, -0.15) is 0 Å². The van der Waals surface area contributed by atoms with Crippen LogP contribution in [0.4, 0.5) is 5.69 Å². The fourth-order valence-electron chi connectivity index (χ4n) is 1.29. The maximum atomic E-state index is 11.2. The average molecular weight is 214 g/mol. The number of rotatable bonds is 1. The van der Waals surface area contributed by atoms with Gasteiger partial charge in [0.15, 0.2) is 6.61 Å². The predicted octanol–water partition coefficient (Wildman–Crippen LogP) is 1.82. The van der Waals surface area contributed by atoms with E-state index in [1.54, 1.807) is 0 Å². The number of carbonyl (C=O) groups is 1. The zero-order valence-electron chi connectivity index (χ0n) is 6.82. The lowest BCUT2D eigenvalue weighted by atomic mass is 10.1. The molecule has 0 aromatic heterocycles. The topological polar surface area (TPSA) is 69.4 Å². The molecule has 0 N–H and O–H groups in total. The molecule has 14 heavy (non-hydrogen) atoms. The Bertz CT molecular complexity index is 443. The Morgan fingerprint density at radius 2 is 2.21 bits per heavy atom. The van der Waals surface area contributed by atoms with Crippen molar-refractivity contribution in [3.05, 3.63) is 32.8 Å². The Morgan fingerprint density at radius 3 is 2.86 bits per heavy atom. The van der Waals surface area contributed by atoms with Crippen molar-refractivity contribution in [1.82, 2.24) is 0 Å². The Labute approximate surface area is 83.4 Å². The number of carbonyl (C=O) groups excluding carboxylic acids is 1. The number of Topliss-reactive ketones (excluding diaryl/α,β-unsaturated/α-hetero) is 1. The molecule has 0 saturated carbocycles. The van der Waals surface area contributed by atoms with Gasteiger partial charge in [0.25, 0.3) is 0 Å². The third kappa shape index (κ3) is 1.22. The van der Waals surface area contributed by atoms with Crippen LogP contribution < -0.4 is 4.74 Å². The summed E-state index contributed by atoms with van der Waals surface area (Å²) < 4.78 is 4.91. The number of nitrogens with zero attached hydrogens (tertiary/aromatic N) is 1. The Kier molecular flexibility index (Phi) is 1.89. The smallest absolute Gasteiger partial charge is 0.313 e. The normalized spacial score (nSPS) is 13.6. The van der Waals surface area contributed by atoms with Crippen molar-refractivity contribution in [1.29, 1.82) is 0 Å². The first-order chi connectivity index (χ1) is 6.59. The van der Waals surface area contributed by atoms with E-state index in [-0.39, 0.29) is 34.4 Å². The molecule has 1 aliphatic heterocycles. The number of benzene rings is 1. The van der Waals surface area contributed by atoms with Crippen LogP contribution in [-0.4, -0.2) is 17.3 Å². The summed E-state index contributed by atoms with van der Waals surface area (Å²) in [6, 6.07) is 2.54. The first kappa shape index (κ1) is 8.96. The summed E-state index contributed by atoms with van der Waals surface area (Å²) in [7, 11) is 0. The monoisotopic (exact) mass is 213 g/mol. The van der Waals surface area contributed by atoms with Crippen LogP contribution in [0.25, 0.3) is 0 Å². The van der Waals surface area contributed by atoms with Crippen molar-refractivity contribution < 1.29 is 14.5 Å². The molecule has 0 spiro atoms. The number of fused-ring (bicyclic) bond motifs is 1. The summed E-state index contributed by atoms with van der Waals surface area (Å²) in [5, 5.41) is 10.7. The molecular formula is C8H4ClNO4. The molecule has 0 atom stereocenters. The zero-order chi connectivity index (χ0) is 10.3. The first-order valence-electron chi connectivity index (χ1n) is 3.73. The van der Waals surface area contributed by atoms with Gasteiger partial charge in [0, 0.05) is 11.1 Å². The highest BCUT2D eigenvalue weighted by atomic mass is 35.5. The van der Waals surface area contributed by atoms with Gasteiger partial charge in [-0.05, 0) is 6.07 Å². The molecular weight excluding hydrogens is 210 g/mol. The quantitative estimate of drug-likeness (QED) is 0.527. The number of hydrogen-bond acceptors (Lipinski definition) is 4. The summed E-state index contributed by atoms with van der Waals surface area (Å²) in [4.78, 5) is 21.1. The van der Waals surface area contributed by atoms with Crippen molar-refractivity contribution in [2.45, 2.75) is 0 Å². The standard InChI is InChI=1S/C8H4ClNO4/c9-4-1-5-7(11)3-14-8(5)6(2-4)10(12)13/h1-2H,3H2. The first-order valence-corrected chi connectivity index (χ1v) is 4.11. The van der Waals surface area contributed by atoms with Crippen molar-refractivity contribution >= 4 is 23.1 Å². The molecule has 0 amide bonds. The zero-order valence-corrected chi connectivity index (χ0v) is 7.58. The molecule has 5 nitrogen and oxygen atoms in total. The van der Waals surface area contributed by atoms with Gasteiger partial charge in [0.05, 0.1) is 10.5 Å². The Hall–Kier alpha value is -1.62. The maximum Gasteiger partial charge on any atom is 0.313 e. The molecule has 0 saturated heterocycles. The van der Waals surface area contributed by atoms with Crippen molar-refractivity contribution in [3.8, 4) is 5.75 Å². The summed E-state index contributed by atoms with van der Waals surface area (Å²) in [5.41, 5.74) is -0.0810. The molecule has 1 aliphatic rings. The highest BCUT2D eigenvalue weighted by Crippen LogP contribution is 2.37. The molecule has 1 aromatic rings. The molecule has 72 valence electrons. The number of halogens is 1. The summed E-state index contributed by atoms with van der Waals surface area (Å²) in [5.74, 6) is -0.269. The fraction of sp³-hybridized carbons (Fsp3) is 0.125. The Balaban J connectivity index is 2.69. The van der Waals surface area contributed by atoms with Crippen LogP contribution in [0.3, 0.4) is 0 Å². The number of ether oxygens (including phenoxy) is 1. The molecule has 0 fully saturated rings. The Morgan fingerprint density at radius 1 is 1.50 bits per heavy atom. The van der Waals surface area contributed by atoms with E-state index in [4.69, 9.17) is 16.3 Å². The van der Waals surface area contributed by atoms with Crippen molar-refractivity contribution in [2.24, 2.45) is 0 Å². The molecule has 2 rings (SSSR count). The van der Waals surface area contributed by atoms with Crippen LogP contribution in [0.5, 0.6) is 5.75 Å². The van der Waals surface area contributed by atoms with Crippen LogP contribution in [0.1, 0.15) is 10.4 Å². The molecule has 0 unspecified atom stereocenters. The number of ketones is 1. The lowest BCUT2D eigenvalue weighted by Crippen LogP contribution is -1.98. The van der Waals surface area contributed by atoms with Gasteiger partial charge in [0.1, 0.15) is 0 Å². The minimum atomic E-state index is -0.622. The minimum Gasteiger partial charge on any atom is -0.478 e. The molecule has 0 aliphatic carbocycles. The van der Waals surface area contributed by atoms with E-state index in [1.807, 2.05) is 0 Å². The van der Waals surface area contributed by atoms with E-state index in [9.17, 15) is 14.9 Å². The van der Waals surface area contributed by atoms with Crippen LogP contribution in [0, 0.1) is 10.1 Å². The van der Waals surface area contributed by atoms with Gasteiger partial charge < -0.3 is 4.74 Å². The van der Waals surface area contributed by atoms with E-state index >= 15 is 0 Å². The number of nitro benzene ring substituents is 1. The SMILES string of the molecule is O=C1COc2c1cc(Cl)cc2[N+](=O)[O-]. The number of nitro groups is 1. The molecule has 1 aromatic carbocycles. The highest BCUT2D eigenvalue weighted by Gasteiger charge is 2.30. The largest absolute Gasteiger partial charge is 0.478 e. The molecule has 6 heteroatoms. The fourth-order valence-corrected chi connectivity index (χ4v) is 1.50. The lowest BCUT2D eigenvalue weighted by molar-refractivity contribution is -0.385. The second-order valence-corrected chi connectivity index (χ2v) is 3.21. The predicted molar refractivity (Wildman–Crippen MR) is 47.9 cm³/mol. The lowest BCUT2D eigenvalue weighted by Gasteiger charge is -1.99. The van der Waals surface area contributed by atoms with E-state index in [1.165, 1.54) is 12.1 Å². The van der Waals surface area contributed by atoms with Crippen LogP contribution in [0.15, 0.2) is 12.1 Å². The van der Waals surface area contributed by atoms with Crippen LogP contribution in [-0.2, 0) is 0 Å². The molecule has 1 heterocycles. The van der Waals surface area contributed by atoms with Crippen LogP contribution >= 0.6 is 11.6 Å². The van der Waals surface area contributed by atoms with Gasteiger partial charge in [-0.1, -0.05) is 11.6 Å². The maximum absolute atomic E-state index is 11.2. The summed E-state index contributed by atoms with van der Waals surface area (Å²) in [6.45, 7) is -0.156. The van der Waals surface area contributed by atoms with E-state index in [2.05, 4.69) is 0 Å². The average Bonchev–Trinajstić information content (AvgIpc) is 2.47. The van der Waals surface area contributed by atoms with Crippen LogP contribution in [0.2, 0.25) is 5.02 Å². The van der Waals surface area contributed by atoms with E-state index in [0.717, 1.165) is 0 Å². The third-order valence-electron chi connectivity index (χ3n) is 1.88. The van der Waals surface area contributed by atoms with Crippen molar-refractivity contribution in [3.63, 3.8) is 0 Å². The third-order valence-corrected chi connectivity index (χ3v) is 2.10. The minimum absolute atomic E-state index is 0.0180. The molecule has 0 radical (unpaired) electrons. The van der Waals surface area contributed by atoms with Gasteiger partial charge >= 0.3 is 5.69 Å². The highest BCUT2D eigenvalue weighted by molar-refractivity contribution is 6.31. The van der Waals surface area contributed by atoms with Gasteiger partial charge in [0.2, 0.25) is 11.5 Å². The number of hydrogen-bond donors (Lipinski definition) is 0. The summed E-state index contributed by atoms with van der Waals surface area (Å²) in [6.07, 6.45) is 0. The van der Waals surface area contributed by atoms with Gasteiger partial charge in [-0.15, -0.1) is 0 Å². The van der Waals surface area contributed by atoms with Crippen molar-refractivity contribution in [2.75, 3.05) is 6.61 Å². The summed E-state index contributed by atoms with van der Waals surface area (Å²) >= 11 is 5.63. The van der Waals surface area contributed by atoms with E-state index in [0.29, 0.717) is 0 Å². The van der Waals surface area contributed by atoms with E-state index < -0.39 is 4.92 Å². The second-order valence-electron chi connectivity index (χ2n) is 2.77. The second kappa shape index (κ2) is 2.95. The van der Waals surface area contributed by atoms with Gasteiger partial charge in [-0.3, -0.25) is 14.9 Å². The van der Waals surface area contributed by atoms with Gasteiger partial charge in [-0.25, -0.2) is 0 Å².